The van der Waals surface area contributed by atoms with Gasteiger partial charge in [-0.25, -0.2) is 23.7 Å². The van der Waals surface area contributed by atoms with Crippen molar-refractivity contribution in [3.05, 3.63) is 36.4 Å². The van der Waals surface area contributed by atoms with Crippen molar-refractivity contribution in [2.45, 2.75) is 75.7 Å². The van der Waals surface area contributed by atoms with E-state index in [1.807, 2.05) is 23.1 Å². The normalized spacial score (nSPS) is 27.3. The minimum absolute atomic E-state index is 0.0428. The molecule has 2 aliphatic carbocycles. The summed E-state index contributed by atoms with van der Waals surface area (Å²) in [4.78, 5) is 28.0. The van der Waals surface area contributed by atoms with Gasteiger partial charge < -0.3 is 15.2 Å². The lowest BCUT2D eigenvalue weighted by molar-refractivity contribution is -0.127. The van der Waals surface area contributed by atoms with E-state index in [4.69, 9.17) is 4.74 Å². The molecule has 1 aliphatic heterocycles. The van der Waals surface area contributed by atoms with Crippen LogP contribution in [-0.4, -0.2) is 68.1 Å². The molecule has 2 N–H and O–H groups in total. The van der Waals surface area contributed by atoms with Gasteiger partial charge in [0.05, 0.1) is 29.0 Å². The lowest BCUT2D eigenvalue weighted by Crippen LogP contribution is -2.54. The van der Waals surface area contributed by atoms with Crippen LogP contribution in [0.4, 0.5) is 13.9 Å². The number of benzene rings is 1. The van der Waals surface area contributed by atoms with Gasteiger partial charge in [-0.1, -0.05) is 17.4 Å². The Hall–Kier alpha value is -2.60. The van der Waals surface area contributed by atoms with E-state index in [-0.39, 0.29) is 43.5 Å². The average molecular weight is 544 g/mol. The van der Waals surface area contributed by atoms with E-state index < -0.39 is 12.0 Å². The smallest absolute Gasteiger partial charge is 0.260 e. The summed E-state index contributed by atoms with van der Waals surface area (Å²) >= 11 is 1.40. The molecule has 0 bridgehead atoms. The van der Waals surface area contributed by atoms with Gasteiger partial charge in [0.2, 0.25) is 5.91 Å². The number of hydrogen-bond acceptors (Lipinski definition) is 8. The number of anilines is 1. The van der Waals surface area contributed by atoms with E-state index in [9.17, 15) is 18.7 Å². The summed E-state index contributed by atoms with van der Waals surface area (Å²) in [6.07, 6.45) is 7.25. The number of halogens is 2. The molecule has 2 atom stereocenters. The third-order valence-corrected chi connectivity index (χ3v) is 8.86. The number of carbonyl (C=O) groups is 1. The van der Waals surface area contributed by atoms with Crippen LogP contribution in [0.2, 0.25) is 0 Å². The second kappa shape index (κ2) is 10.5. The van der Waals surface area contributed by atoms with Crippen molar-refractivity contribution in [2.24, 2.45) is 5.92 Å². The number of nitrogens with one attached hydrogen (secondary N) is 1. The van der Waals surface area contributed by atoms with Crippen LogP contribution < -0.4 is 5.32 Å². The number of aliphatic hydroxyl groups is 1. The predicted octanol–water partition coefficient (Wildman–Crippen LogP) is 4.63. The summed E-state index contributed by atoms with van der Waals surface area (Å²) in [5, 5.41) is 13.4. The summed E-state index contributed by atoms with van der Waals surface area (Å²) in [5.41, 5.74) is 2.59. The molecule has 3 fully saturated rings. The summed E-state index contributed by atoms with van der Waals surface area (Å²) in [6.45, 7) is 0.754. The molecule has 6 rings (SSSR count). The van der Waals surface area contributed by atoms with Gasteiger partial charge in [0.15, 0.2) is 11.0 Å². The van der Waals surface area contributed by atoms with Crippen LogP contribution in [0.5, 0.6) is 0 Å². The maximum atomic E-state index is 13.7. The standard InChI is InChI=1S/C27H31F2N5O3S/c28-27(29)7-2-8-34(15-27)19-9-17(10-19)25(36)33-26-32-20-6-5-16(11-23(20)38-26)18-12-30-24(31-13-18)14-37-22-4-1-3-21(22)35/h5-6,11-13,17,19,21-22,35H,1-4,7-10,14-15H2,(H,32,33,36)/t17?,19?,21-,22-/m0/s1. The van der Waals surface area contributed by atoms with Crippen LogP contribution in [-0.2, 0) is 16.1 Å². The van der Waals surface area contributed by atoms with Crippen LogP contribution >= 0.6 is 11.3 Å². The summed E-state index contributed by atoms with van der Waals surface area (Å²) in [6, 6.07) is 5.92. The van der Waals surface area contributed by atoms with E-state index >= 15 is 0 Å². The number of amides is 1. The SMILES string of the molecule is O=C(Nc1nc2ccc(-c3cnc(CO[C@H]4CCC[C@@H]4O)nc3)cc2s1)C1CC(N2CCCC(F)(F)C2)C1. The van der Waals surface area contributed by atoms with Crippen LogP contribution in [0.25, 0.3) is 21.3 Å². The first-order chi connectivity index (χ1) is 18.3. The Morgan fingerprint density at radius 1 is 1.18 bits per heavy atom. The number of nitrogens with zero attached hydrogens (tertiary/aromatic N) is 4. The van der Waals surface area contributed by atoms with E-state index in [2.05, 4.69) is 20.3 Å². The van der Waals surface area contributed by atoms with Crippen molar-refractivity contribution in [3.8, 4) is 11.1 Å². The van der Waals surface area contributed by atoms with Gasteiger partial charge >= 0.3 is 0 Å². The Kier molecular flexibility index (Phi) is 7.10. The summed E-state index contributed by atoms with van der Waals surface area (Å²) in [5.74, 6) is -2.31. The fourth-order valence-corrected chi connectivity index (χ4v) is 6.54. The molecule has 0 unspecified atom stereocenters. The highest BCUT2D eigenvalue weighted by molar-refractivity contribution is 7.22. The van der Waals surface area contributed by atoms with Gasteiger partial charge in [-0.3, -0.25) is 9.69 Å². The zero-order chi connectivity index (χ0) is 26.3. The number of aliphatic hydroxyl groups excluding tert-OH is 1. The Morgan fingerprint density at radius 3 is 2.74 bits per heavy atom. The highest BCUT2D eigenvalue weighted by Gasteiger charge is 2.43. The lowest BCUT2D eigenvalue weighted by atomic mass is 9.78. The fourth-order valence-electron chi connectivity index (χ4n) is 5.63. The van der Waals surface area contributed by atoms with E-state index in [0.717, 1.165) is 40.6 Å². The minimum atomic E-state index is -2.62. The number of thiazole rings is 1. The van der Waals surface area contributed by atoms with E-state index in [1.165, 1.54) is 11.3 Å². The molecule has 0 radical (unpaired) electrons. The number of alkyl halides is 2. The van der Waals surface area contributed by atoms with Crippen molar-refractivity contribution in [1.29, 1.82) is 0 Å². The number of likely N-dealkylation sites (tertiary alicyclic amines) is 1. The molecular weight excluding hydrogens is 512 g/mol. The topological polar surface area (TPSA) is 100 Å². The Morgan fingerprint density at radius 2 is 2.00 bits per heavy atom. The quantitative estimate of drug-likeness (QED) is 0.448. The average Bonchev–Trinajstić information content (AvgIpc) is 3.46. The lowest BCUT2D eigenvalue weighted by Gasteiger charge is -2.45. The van der Waals surface area contributed by atoms with Crippen molar-refractivity contribution in [3.63, 3.8) is 0 Å². The van der Waals surface area contributed by atoms with Crippen molar-refractivity contribution in [2.75, 3.05) is 18.4 Å². The Balaban J connectivity index is 1.04. The number of fused-ring (bicyclic) bond motifs is 1. The summed E-state index contributed by atoms with van der Waals surface area (Å²) < 4.78 is 34.1. The number of aromatic nitrogens is 3. The molecule has 3 aliphatic rings. The highest BCUT2D eigenvalue weighted by atomic mass is 32.1. The van der Waals surface area contributed by atoms with Crippen molar-refractivity contribution < 1.29 is 23.4 Å². The largest absolute Gasteiger partial charge is 0.390 e. The zero-order valence-corrected chi connectivity index (χ0v) is 21.8. The zero-order valence-electron chi connectivity index (χ0n) is 21.0. The van der Waals surface area contributed by atoms with Crippen LogP contribution in [0.15, 0.2) is 30.6 Å². The first kappa shape index (κ1) is 25.7. The Labute approximate surface area is 223 Å². The first-order valence-corrected chi connectivity index (χ1v) is 14.1. The molecule has 3 aromatic rings. The highest BCUT2D eigenvalue weighted by Crippen LogP contribution is 2.38. The molecule has 202 valence electrons. The number of carbonyl (C=O) groups excluding carboxylic acids is 1. The number of piperidine rings is 1. The molecule has 8 nitrogen and oxygen atoms in total. The number of ether oxygens (including phenoxy) is 1. The van der Waals surface area contributed by atoms with E-state index in [0.29, 0.717) is 36.8 Å². The molecule has 11 heteroatoms. The van der Waals surface area contributed by atoms with Gasteiger partial charge in [-0.15, -0.1) is 0 Å². The third kappa shape index (κ3) is 5.56. The second-order valence-corrected chi connectivity index (χ2v) is 11.7. The first-order valence-electron chi connectivity index (χ1n) is 13.3. The molecule has 1 amide bonds. The molecule has 2 aromatic heterocycles. The Bertz CT molecular complexity index is 1300. The molecule has 2 saturated carbocycles. The van der Waals surface area contributed by atoms with Crippen molar-refractivity contribution >= 4 is 32.6 Å². The van der Waals surface area contributed by atoms with Gasteiger partial charge in [0.1, 0.15) is 6.61 Å². The predicted molar refractivity (Wildman–Crippen MR) is 140 cm³/mol. The van der Waals surface area contributed by atoms with Crippen LogP contribution in [0, 0.1) is 5.92 Å². The van der Waals surface area contributed by atoms with Gasteiger partial charge in [0, 0.05) is 36.3 Å². The van der Waals surface area contributed by atoms with E-state index in [1.54, 1.807) is 12.4 Å². The molecule has 1 aromatic carbocycles. The van der Waals surface area contributed by atoms with Crippen LogP contribution in [0.3, 0.4) is 0 Å². The third-order valence-electron chi connectivity index (χ3n) is 7.92. The maximum Gasteiger partial charge on any atom is 0.260 e. The monoisotopic (exact) mass is 543 g/mol. The molecule has 0 spiro atoms. The van der Waals surface area contributed by atoms with Gasteiger partial charge in [0.25, 0.3) is 5.92 Å². The molecular formula is C27H31F2N5O3S. The van der Waals surface area contributed by atoms with Gasteiger partial charge in [-0.05, 0) is 62.8 Å². The van der Waals surface area contributed by atoms with Gasteiger partial charge in [-0.2, -0.15) is 0 Å². The summed E-state index contributed by atoms with van der Waals surface area (Å²) in [7, 11) is 0. The molecule has 1 saturated heterocycles. The van der Waals surface area contributed by atoms with Crippen LogP contribution in [0.1, 0.15) is 50.8 Å². The fraction of sp³-hybridized carbons (Fsp3) is 0.556. The maximum absolute atomic E-state index is 13.7. The number of rotatable bonds is 7. The minimum Gasteiger partial charge on any atom is -0.390 e. The molecule has 38 heavy (non-hydrogen) atoms. The number of hydrogen-bond donors (Lipinski definition) is 2. The second-order valence-electron chi connectivity index (χ2n) is 10.7. The van der Waals surface area contributed by atoms with Crippen molar-refractivity contribution in [1.82, 2.24) is 19.9 Å². The molecule has 3 heterocycles.